The highest BCUT2D eigenvalue weighted by atomic mass is 16.7. The van der Waals surface area contributed by atoms with Gasteiger partial charge in [0.05, 0.1) is 25.4 Å². The zero-order valence-corrected chi connectivity index (χ0v) is 44.9. The minimum Gasteiger partial charge on any atom is -0.454 e. The predicted molar refractivity (Wildman–Crippen MR) is 287 cm³/mol. The second-order valence-corrected chi connectivity index (χ2v) is 20.1. The first-order valence-electron chi connectivity index (χ1n) is 28.9. The van der Waals surface area contributed by atoms with E-state index in [0.29, 0.717) is 12.8 Å². The Balaban J connectivity index is 2.73. The average molecular weight is 991 g/mol. The number of aliphatic hydroxyl groups is 5. The fraction of sp³-hybridized carbons (Fsp3) is 0.831. The monoisotopic (exact) mass is 990 g/mol. The summed E-state index contributed by atoms with van der Waals surface area (Å²) in [7, 11) is 0. The van der Waals surface area contributed by atoms with E-state index in [2.05, 4.69) is 50.4 Å². The van der Waals surface area contributed by atoms with E-state index in [0.717, 1.165) is 83.5 Å². The van der Waals surface area contributed by atoms with Crippen LogP contribution >= 0.6 is 0 Å². The number of carbonyl (C=O) groups is 2. The van der Waals surface area contributed by atoms with E-state index >= 15 is 0 Å². The number of nitrogens with one attached hydrogen (secondary N) is 1. The van der Waals surface area contributed by atoms with E-state index in [9.17, 15) is 35.1 Å². The maximum atomic E-state index is 13.4. The highest BCUT2D eigenvalue weighted by Crippen LogP contribution is 2.26. The topological polar surface area (TPSA) is 175 Å². The van der Waals surface area contributed by atoms with Crippen molar-refractivity contribution in [2.24, 2.45) is 0 Å². The summed E-state index contributed by atoms with van der Waals surface area (Å²) in [6.07, 6.45) is 45.8. The van der Waals surface area contributed by atoms with Gasteiger partial charge in [-0.05, 0) is 44.9 Å². The zero-order valence-electron chi connectivity index (χ0n) is 44.9. The van der Waals surface area contributed by atoms with Gasteiger partial charge in [-0.3, -0.25) is 9.59 Å². The number of ether oxygens (including phenoxy) is 3. The number of rotatable bonds is 48. The SMILES string of the molecule is CC/C=C/C=C/C=C/CCCCCCCCC(O)C(=O)NC(COC1OC(CO)C(O)C(O)C1OC(=O)CCCCCCCCCCCCCCCCC)C(O)/C=C/CCCCCCCCCCCC. The van der Waals surface area contributed by atoms with Crippen molar-refractivity contribution in [2.45, 2.75) is 301 Å². The molecule has 0 radical (unpaired) electrons. The first kappa shape index (κ1) is 65.6. The molecule has 1 rings (SSSR count). The molecule has 1 fully saturated rings. The first-order valence-corrected chi connectivity index (χ1v) is 28.9. The molecule has 1 aliphatic rings. The molecule has 1 amide bonds. The van der Waals surface area contributed by atoms with E-state index in [1.807, 2.05) is 18.2 Å². The van der Waals surface area contributed by atoms with Gasteiger partial charge >= 0.3 is 5.97 Å². The third-order valence-electron chi connectivity index (χ3n) is 13.6. The van der Waals surface area contributed by atoms with Crippen LogP contribution in [0.1, 0.15) is 252 Å². The van der Waals surface area contributed by atoms with Crippen LogP contribution in [0, 0.1) is 0 Å². The van der Waals surface area contributed by atoms with Gasteiger partial charge in [0.1, 0.15) is 24.4 Å². The maximum Gasteiger partial charge on any atom is 0.306 e. The van der Waals surface area contributed by atoms with Crippen molar-refractivity contribution in [3.05, 3.63) is 48.6 Å². The van der Waals surface area contributed by atoms with Gasteiger partial charge < -0.3 is 45.1 Å². The predicted octanol–water partition coefficient (Wildman–Crippen LogP) is 12.9. The lowest BCUT2D eigenvalue weighted by atomic mass is 9.99. The van der Waals surface area contributed by atoms with Gasteiger partial charge in [-0.15, -0.1) is 0 Å². The van der Waals surface area contributed by atoms with Crippen molar-refractivity contribution >= 4 is 11.9 Å². The number of hydrogen-bond acceptors (Lipinski definition) is 10. The van der Waals surface area contributed by atoms with Crippen molar-refractivity contribution < 1.29 is 49.3 Å². The molecule has 0 aromatic heterocycles. The molecule has 408 valence electrons. The number of aliphatic hydroxyl groups excluding tert-OH is 5. The summed E-state index contributed by atoms with van der Waals surface area (Å²) in [5.41, 5.74) is 0. The van der Waals surface area contributed by atoms with Crippen LogP contribution in [0.4, 0.5) is 0 Å². The van der Waals surface area contributed by atoms with Gasteiger partial charge in [-0.25, -0.2) is 0 Å². The lowest BCUT2D eigenvalue weighted by Gasteiger charge is -2.41. The molecular formula is C59H107NO10. The smallest absolute Gasteiger partial charge is 0.306 e. The fourth-order valence-corrected chi connectivity index (χ4v) is 8.95. The highest BCUT2D eigenvalue weighted by molar-refractivity contribution is 5.80. The second kappa shape index (κ2) is 47.6. The Morgan fingerprint density at radius 1 is 0.571 bits per heavy atom. The van der Waals surface area contributed by atoms with Crippen LogP contribution in [0.15, 0.2) is 48.6 Å². The Hall–Kier alpha value is -2.38. The molecule has 1 aliphatic heterocycles. The first-order chi connectivity index (χ1) is 34.2. The summed E-state index contributed by atoms with van der Waals surface area (Å²) in [6.45, 7) is 5.64. The van der Waals surface area contributed by atoms with Gasteiger partial charge in [0.15, 0.2) is 12.4 Å². The Labute approximate surface area is 427 Å². The van der Waals surface area contributed by atoms with E-state index in [1.165, 1.54) is 122 Å². The largest absolute Gasteiger partial charge is 0.454 e. The van der Waals surface area contributed by atoms with Crippen molar-refractivity contribution in [3.63, 3.8) is 0 Å². The number of allylic oxidation sites excluding steroid dienone is 7. The molecule has 1 heterocycles. The molecule has 0 aromatic carbocycles. The lowest BCUT2D eigenvalue weighted by molar-refractivity contribution is -0.305. The summed E-state index contributed by atoms with van der Waals surface area (Å²) in [5, 5.41) is 56.8. The standard InChI is InChI=1S/C59H107NO10/c1-4-7-10-13-16-19-22-25-27-29-32-35-38-41-44-47-54(64)70-57-56(66)55(65)53(48-61)69-59(57)68-49-50(51(62)45-42-39-36-33-30-24-21-18-15-12-9-6-3)60-58(67)52(63)46-43-40-37-34-31-28-26-23-20-17-14-11-8-5-2/h8,11,14,17,20,23,42,45,50-53,55-57,59,61-63,65-66H,4-7,9-10,12-13,15-16,18-19,21-22,24-41,43-44,46-49H2,1-3H3,(H,60,67)/b11-8+,17-14+,23-20+,45-42+. The summed E-state index contributed by atoms with van der Waals surface area (Å²) in [4.78, 5) is 26.4. The van der Waals surface area contributed by atoms with Gasteiger partial charge in [-0.2, -0.15) is 0 Å². The highest BCUT2D eigenvalue weighted by Gasteiger charge is 2.47. The minimum absolute atomic E-state index is 0.125. The number of unbranched alkanes of at least 4 members (excludes halogenated alkanes) is 30. The molecule has 0 spiro atoms. The molecule has 8 atom stereocenters. The molecule has 70 heavy (non-hydrogen) atoms. The Morgan fingerprint density at radius 2 is 1.03 bits per heavy atom. The van der Waals surface area contributed by atoms with Crippen molar-refractivity contribution in [3.8, 4) is 0 Å². The van der Waals surface area contributed by atoms with E-state index in [4.69, 9.17) is 14.2 Å². The van der Waals surface area contributed by atoms with Gasteiger partial charge in [0.25, 0.3) is 0 Å². The number of esters is 1. The summed E-state index contributed by atoms with van der Waals surface area (Å²) in [6, 6.07) is -1.03. The zero-order chi connectivity index (χ0) is 51.1. The average Bonchev–Trinajstić information content (AvgIpc) is 3.36. The van der Waals surface area contributed by atoms with Crippen LogP contribution in [0.25, 0.3) is 0 Å². The van der Waals surface area contributed by atoms with Gasteiger partial charge in [0.2, 0.25) is 5.91 Å². The molecule has 0 aliphatic carbocycles. The van der Waals surface area contributed by atoms with E-state index < -0.39 is 67.4 Å². The lowest BCUT2D eigenvalue weighted by Crippen LogP contribution is -2.61. The minimum atomic E-state index is -1.61. The maximum absolute atomic E-state index is 13.4. The van der Waals surface area contributed by atoms with Crippen LogP contribution in [0.2, 0.25) is 0 Å². The van der Waals surface area contributed by atoms with Crippen molar-refractivity contribution in [1.82, 2.24) is 5.32 Å². The third kappa shape index (κ3) is 35.7. The Kier molecular flexibility index (Phi) is 44.6. The van der Waals surface area contributed by atoms with Gasteiger partial charge in [0, 0.05) is 6.42 Å². The van der Waals surface area contributed by atoms with Crippen LogP contribution in [-0.2, 0) is 23.8 Å². The van der Waals surface area contributed by atoms with E-state index in [-0.39, 0.29) is 19.4 Å². The number of amides is 1. The van der Waals surface area contributed by atoms with Crippen LogP contribution in [0.5, 0.6) is 0 Å². The Morgan fingerprint density at radius 3 is 1.53 bits per heavy atom. The van der Waals surface area contributed by atoms with Crippen LogP contribution in [-0.4, -0.2) is 99.6 Å². The summed E-state index contributed by atoms with van der Waals surface area (Å²) in [5.74, 6) is -1.20. The quantitative estimate of drug-likeness (QED) is 0.0149. The van der Waals surface area contributed by atoms with Crippen molar-refractivity contribution in [2.75, 3.05) is 13.2 Å². The Bertz CT molecular complexity index is 1320. The van der Waals surface area contributed by atoms with E-state index in [1.54, 1.807) is 6.08 Å². The molecule has 0 aromatic rings. The third-order valence-corrected chi connectivity index (χ3v) is 13.6. The molecule has 11 nitrogen and oxygen atoms in total. The van der Waals surface area contributed by atoms with Gasteiger partial charge in [-0.1, -0.05) is 249 Å². The molecule has 0 bridgehead atoms. The molecular weight excluding hydrogens is 883 g/mol. The summed E-state index contributed by atoms with van der Waals surface area (Å²) < 4.78 is 17.6. The van der Waals surface area contributed by atoms with Crippen LogP contribution < -0.4 is 5.32 Å². The number of carbonyl (C=O) groups excluding carboxylic acids is 2. The van der Waals surface area contributed by atoms with Crippen LogP contribution in [0.3, 0.4) is 0 Å². The number of hydrogen-bond donors (Lipinski definition) is 6. The summed E-state index contributed by atoms with van der Waals surface area (Å²) >= 11 is 0. The molecule has 0 saturated carbocycles. The normalized spacial score (nSPS) is 20.0. The molecule has 8 unspecified atom stereocenters. The molecule has 1 saturated heterocycles. The second-order valence-electron chi connectivity index (χ2n) is 20.1. The fourth-order valence-electron chi connectivity index (χ4n) is 8.95. The van der Waals surface area contributed by atoms with Crippen molar-refractivity contribution in [1.29, 1.82) is 0 Å². The molecule has 11 heteroatoms. The molecule has 6 N–H and O–H groups in total.